The Bertz CT molecular complexity index is 387. The quantitative estimate of drug-likeness (QED) is 0.706. The van der Waals surface area contributed by atoms with Gasteiger partial charge in [0.15, 0.2) is 13.2 Å². The van der Waals surface area contributed by atoms with Gasteiger partial charge in [-0.05, 0) is 19.1 Å². The first-order chi connectivity index (χ1) is 8.08. The summed E-state index contributed by atoms with van der Waals surface area (Å²) in [6, 6.07) is 7.18. The number of ether oxygens (including phenoxy) is 1. The molecular weight excluding hydrogens is 226 g/mol. The molecule has 1 aromatic carbocycles. The zero-order chi connectivity index (χ0) is 12.7. The molecule has 0 unspecified atom stereocenters. The van der Waals surface area contributed by atoms with Crippen molar-refractivity contribution in [3.05, 3.63) is 29.8 Å². The number of hydrogen-bond donors (Lipinski definition) is 2. The van der Waals surface area contributed by atoms with Crippen molar-refractivity contribution >= 4 is 11.9 Å². The largest absolute Gasteiger partial charge is 0.484 e. The van der Waals surface area contributed by atoms with E-state index in [1.54, 1.807) is 12.1 Å². The molecule has 0 saturated carbocycles. The van der Waals surface area contributed by atoms with Crippen LogP contribution in [-0.2, 0) is 14.4 Å². The van der Waals surface area contributed by atoms with Crippen molar-refractivity contribution in [2.75, 3.05) is 13.2 Å². The van der Waals surface area contributed by atoms with Gasteiger partial charge >= 0.3 is 5.97 Å². The van der Waals surface area contributed by atoms with Crippen LogP contribution in [0.25, 0.3) is 0 Å². The fourth-order valence-electron chi connectivity index (χ4n) is 0.991. The molecule has 1 rings (SSSR count). The maximum atomic E-state index is 11.1. The van der Waals surface area contributed by atoms with Gasteiger partial charge in [-0.3, -0.25) is 9.63 Å². The van der Waals surface area contributed by atoms with E-state index in [0.717, 1.165) is 5.56 Å². The van der Waals surface area contributed by atoms with Crippen LogP contribution < -0.4 is 10.2 Å². The number of benzene rings is 1. The van der Waals surface area contributed by atoms with Gasteiger partial charge in [-0.1, -0.05) is 17.7 Å². The summed E-state index contributed by atoms with van der Waals surface area (Å²) in [5.74, 6) is -1.15. The van der Waals surface area contributed by atoms with Crippen molar-refractivity contribution in [2.24, 2.45) is 0 Å². The lowest BCUT2D eigenvalue weighted by atomic mass is 10.2. The van der Waals surface area contributed by atoms with Crippen molar-refractivity contribution in [3.63, 3.8) is 0 Å². The highest BCUT2D eigenvalue weighted by Gasteiger charge is 2.04. The molecule has 0 heterocycles. The van der Waals surface area contributed by atoms with Gasteiger partial charge in [0.2, 0.25) is 0 Å². The van der Waals surface area contributed by atoms with E-state index in [0.29, 0.717) is 5.75 Å². The predicted molar refractivity (Wildman–Crippen MR) is 58.4 cm³/mol. The number of carbonyl (C=O) groups excluding carboxylic acids is 1. The third-order valence-corrected chi connectivity index (χ3v) is 1.77. The second-order valence-corrected chi connectivity index (χ2v) is 3.31. The molecule has 1 amide bonds. The van der Waals surface area contributed by atoms with E-state index >= 15 is 0 Å². The Morgan fingerprint density at radius 3 is 2.47 bits per heavy atom. The fraction of sp³-hybridized carbons (Fsp3) is 0.273. The van der Waals surface area contributed by atoms with Crippen molar-refractivity contribution in [3.8, 4) is 5.75 Å². The third-order valence-electron chi connectivity index (χ3n) is 1.77. The molecule has 0 saturated heterocycles. The fourth-order valence-corrected chi connectivity index (χ4v) is 0.991. The Hall–Kier alpha value is -2.08. The molecule has 0 aliphatic heterocycles. The van der Waals surface area contributed by atoms with Crippen LogP contribution >= 0.6 is 0 Å². The standard InChI is InChI=1S/C11H13NO5/c1-8-2-4-9(5-3-8)16-6-10(13)12-17-7-11(14)15/h2-5H,6-7H2,1H3,(H,12,13)(H,14,15). The van der Waals surface area contributed by atoms with Crippen molar-refractivity contribution in [2.45, 2.75) is 6.92 Å². The van der Waals surface area contributed by atoms with Gasteiger partial charge in [-0.2, -0.15) is 0 Å². The molecule has 0 atom stereocenters. The van der Waals surface area contributed by atoms with Gasteiger partial charge in [0, 0.05) is 0 Å². The van der Waals surface area contributed by atoms with E-state index in [4.69, 9.17) is 9.84 Å². The first-order valence-electron chi connectivity index (χ1n) is 4.90. The molecule has 0 radical (unpaired) electrons. The second-order valence-electron chi connectivity index (χ2n) is 3.31. The van der Waals surface area contributed by atoms with E-state index in [9.17, 15) is 9.59 Å². The summed E-state index contributed by atoms with van der Waals surface area (Å²) in [6.07, 6.45) is 0. The number of aliphatic carboxylic acids is 1. The molecule has 0 aliphatic carbocycles. The van der Waals surface area contributed by atoms with Gasteiger partial charge in [-0.25, -0.2) is 10.3 Å². The average Bonchev–Trinajstić information content (AvgIpc) is 2.28. The lowest BCUT2D eigenvalue weighted by molar-refractivity contribution is -0.149. The van der Waals surface area contributed by atoms with Gasteiger partial charge in [0.05, 0.1) is 0 Å². The van der Waals surface area contributed by atoms with Crippen LogP contribution in [0.4, 0.5) is 0 Å². The molecule has 2 N–H and O–H groups in total. The number of nitrogens with one attached hydrogen (secondary N) is 1. The average molecular weight is 239 g/mol. The summed E-state index contributed by atoms with van der Waals surface area (Å²) in [5.41, 5.74) is 3.04. The normalized spacial score (nSPS) is 9.71. The predicted octanol–water partition coefficient (Wildman–Crippen LogP) is 0.506. The molecule has 6 nitrogen and oxygen atoms in total. The minimum absolute atomic E-state index is 0.233. The van der Waals surface area contributed by atoms with Crippen LogP contribution in [0.3, 0.4) is 0 Å². The van der Waals surface area contributed by atoms with Crippen LogP contribution in [0, 0.1) is 6.92 Å². The molecule has 0 aliphatic rings. The SMILES string of the molecule is Cc1ccc(OCC(=O)NOCC(=O)O)cc1. The van der Waals surface area contributed by atoms with E-state index < -0.39 is 18.5 Å². The molecule has 1 aromatic rings. The lowest BCUT2D eigenvalue weighted by Gasteiger charge is -2.06. The number of amides is 1. The van der Waals surface area contributed by atoms with Crippen LogP contribution in [0.2, 0.25) is 0 Å². The summed E-state index contributed by atoms with van der Waals surface area (Å²) >= 11 is 0. The number of aryl methyl sites for hydroxylation is 1. The molecule has 0 spiro atoms. The van der Waals surface area contributed by atoms with E-state index in [1.165, 1.54) is 0 Å². The Labute approximate surface area is 98.1 Å². The van der Waals surface area contributed by atoms with Gasteiger partial charge in [0.25, 0.3) is 5.91 Å². The van der Waals surface area contributed by atoms with Crippen LogP contribution in [0.1, 0.15) is 5.56 Å². The minimum atomic E-state index is -1.16. The number of rotatable bonds is 6. The number of carboxylic acids is 1. The summed E-state index contributed by atoms with van der Waals surface area (Å²) in [7, 11) is 0. The van der Waals surface area contributed by atoms with E-state index in [-0.39, 0.29) is 6.61 Å². The van der Waals surface area contributed by atoms with Crippen LogP contribution in [0.5, 0.6) is 5.75 Å². The Balaban J connectivity index is 2.23. The summed E-state index contributed by atoms with van der Waals surface area (Å²) in [5, 5.41) is 8.25. The maximum Gasteiger partial charge on any atom is 0.332 e. The number of carbonyl (C=O) groups is 2. The summed E-state index contributed by atoms with van der Waals surface area (Å²) < 4.78 is 5.14. The highest BCUT2D eigenvalue weighted by atomic mass is 16.7. The van der Waals surface area contributed by atoms with Crippen molar-refractivity contribution in [1.82, 2.24) is 5.48 Å². The van der Waals surface area contributed by atoms with Gasteiger partial charge in [-0.15, -0.1) is 0 Å². The van der Waals surface area contributed by atoms with Crippen molar-refractivity contribution in [1.29, 1.82) is 0 Å². The first kappa shape index (κ1) is 13.0. The molecule has 17 heavy (non-hydrogen) atoms. The molecule has 92 valence electrons. The molecule has 0 bridgehead atoms. The van der Waals surface area contributed by atoms with E-state index in [2.05, 4.69) is 4.84 Å². The first-order valence-corrected chi connectivity index (χ1v) is 4.90. The maximum absolute atomic E-state index is 11.1. The summed E-state index contributed by atoms with van der Waals surface area (Å²) in [6.45, 7) is 1.12. The molecular formula is C11H13NO5. The summed E-state index contributed by atoms with van der Waals surface area (Å²) in [4.78, 5) is 25.6. The highest BCUT2D eigenvalue weighted by molar-refractivity contribution is 5.76. The Morgan fingerprint density at radius 2 is 1.88 bits per heavy atom. The van der Waals surface area contributed by atoms with Gasteiger partial charge < -0.3 is 9.84 Å². The van der Waals surface area contributed by atoms with E-state index in [1.807, 2.05) is 24.5 Å². The van der Waals surface area contributed by atoms with Crippen molar-refractivity contribution < 1.29 is 24.3 Å². The van der Waals surface area contributed by atoms with Gasteiger partial charge in [0.1, 0.15) is 5.75 Å². The number of hydrogen-bond acceptors (Lipinski definition) is 4. The molecule has 6 heteroatoms. The topological polar surface area (TPSA) is 84.9 Å². The zero-order valence-corrected chi connectivity index (χ0v) is 9.30. The molecule has 0 fully saturated rings. The lowest BCUT2D eigenvalue weighted by Crippen LogP contribution is -2.30. The number of carboxylic acid groups (broad SMARTS) is 1. The van der Waals surface area contributed by atoms with Crippen LogP contribution in [-0.4, -0.2) is 30.2 Å². The number of hydroxylamine groups is 1. The van der Waals surface area contributed by atoms with Crippen LogP contribution in [0.15, 0.2) is 24.3 Å². The third kappa shape index (κ3) is 5.53. The Morgan fingerprint density at radius 1 is 1.24 bits per heavy atom. The molecule has 0 aromatic heterocycles. The smallest absolute Gasteiger partial charge is 0.332 e. The highest BCUT2D eigenvalue weighted by Crippen LogP contribution is 2.10. The minimum Gasteiger partial charge on any atom is -0.484 e. The Kier molecular flexibility index (Phi) is 4.96. The monoisotopic (exact) mass is 239 g/mol. The zero-order valence-electron chi connectivity index (χ0n) is 9.30. The second kappa shape index (κ2) is 6.49.